The van der Waals surface area contributed by atoms with E-state index in [2.05, 4.69) is 20.4 Å². The Hall–Kier alpha value is -1.76. The van der Waals surface area contributed by atoms with E-state index in [4.69, 9.17) is 18.0 Å². The third-order valence-electron chi connectivity index (χ3n) is 4.09. The summed E-state index contributed by atoms with van der Waals surface area (Å²) in [6, 6.07) is 0. The minimum atomic E-state index is 0.0685. The number of hydrogen-bond donors (Lipinski definition) is 2. The normalized spacial score (nSPS) is 15.9. The molecule has 21 heavy (non-hydrogen) atoms. The molecule has 1 amide bonds. The maximum absolute atomic E-state index is 11.7. The van der Waals surface area contributed by atoms with Crippen LogP contribution in [0.2, 0.25) is 0 Å². The molecule has 1 aliphatic heterocycles. The molecule has 0 aromatic carbocycles. The van der Waals surface area contributed by atoms with E-state index in [1.807, 2.05) is 13.8 Å². The fourth-order valence-corrected chi connectivity index (χ4v) is 2.91. The van der Waals surface area contributed by atoms with Gasteiger partial charge in [-0.3, -0.25) is 4.79 Å². The second kappa shape index (κ2) is 6.34. The number of carbonyl (C=O) groups is 1. The summed E-state index contributed by atoms with van der Waals surface area (Å²) in [5.74, 6) is 0.912. The molecule has 2 rings (SSSR count). The van der Waals surface area contributed by atoms with Crippen molar-refractivity contribution in [2.45, 2.75) is 26.7 Å². The molecule has 114 valence electrons. The average molecular weight is 307 g/mol. The summed E-state index contributed by atoms with van der Waals surface area (Å²) < 4.78 is 0. The highest BCUT2D eigenvalue weighted by molar-refractivity contribution is 7.80. The standard InChI is InChI=1S/C14H21N5OS/c1-8-9(2)17-18-13(11(8)12(15)21)19-6-4-10(5-7-19)14(20)16-3/h10H,4-7H2,1-3H3,(H2,15,21)(H,16,20). The lowest BCUT2D eigenvalue weighted by Gasteiger charge is -2.33. The number of rotatable bonds is 3. The van der Waals surface area contributed by atoms with E-state index in [0.717, 1.165) is 48.6 Å². The first-order valence-electron chi connectivity index (χ1n) is 7.06. The summed E-state index contributed by atoms with van der Waals surface area (Å²) in [5.41, 5.74) is 8.47. The van der Waals surface area contributed by atoms with Gasteiger partial charge in [0.25, 0.3) is 0 Å². The number of aryl methyl sites for hydroxylation is 1. The van der Waals surface area contributed by atoms with Crippen LogP contribution in [0.5, 0.6) is 0 Å². The van der Waals surface area contributed by atoms with Crippen LogP contribution >= 0.6 is 12.2 Å². The Labute approximate surface area is 130 Å². The van der Waals surface area contributed by atoms with E-state index in [1.54, 1.807) is 7.05 Å². The van der Waals surface area contributed by atoms with Crippen LogP contribution < -0.4 is 16.0 Å². The molecule has 1 saturated heterocycles. The van der Waals surface area contributed by atoms with Gasteiger partial charge in [-0.2, -0.15) is 5.10 Å². The van der Waals surface area contributed by atoms with Gasteiger partial charge in [-0.15, -0.1) is 5.10 Å². The smallest absolute Gasteiger partial charge is 0.222 e. The van der Waals surface area contributed by atoms with Crippen molar-refractivity contribution in [1.29, 1.82) is 0 Å². The zero-order valence-electron chi connectivity index (χ0n) is 12.6. The summed E-state index contributed by atoms with van der Waals surface area (Å²) in [4.78, 5) is 14.1. The van der Waals surface area contributed by atoms with Crippen molar-refractivity contribution in [2.24, 2.45) is 11.7 Å². The quantitative estimate of drug-likeness (QED) is 0.799. The van der Waals surface area contributed by atoms with Crippen LogP contribution in [0.1, 0.15) is 29.7 Å². The first kappa shape index (κ1) is 15.6. The van der Waals surface area contributed by atoms with Crippen LogP contribution in [0, 0.1) is 19.8 Å². The fourth-order valence-electron chi connectivity index (χ4n) is 2.67. The van der Waals surface area contributed by atoms with E-state index >= 15 is 0 Å². The van der Waals surface area contributed by atoms with Crippen molar-refractivity contribution in [1.82, 2.24) is 15.5 Å². The first-order valence-corrected chi connectivity index (χ1v) is 7.46. The highest BCUT2D eigenvalue weighted by Crippen LogP contribution is 2.27. The maximum Gasteiger partial charge on any atom is 0.222 e. The Balaban J connectivity index is 2.23. The van der Waals surface area contributed by atoms with Gasteiger partial charge in [-0.05, 0) is 32.3 Å². The molecular formula is C14H21N5OS. The number of thiocarbonyl (C=S) groups is 1. The minimum Gasteiger partial charge on any atom is -0.389 e. The largest absolute Gasteiger partial charge is 0.389 e. The van der Waals surface area contributed by atoms with E-state index in [9.17, 15) is 4.79 Å². The molecular weight excluding hydrogens is 286 g/mol. The molecule has 0 spiro atoms. The van der Waals surface area contributed by atoms with Crippen molar-refractivity contribution >= 4 is 28.9 Å². The number of amides is 1. The predicted octanol–water partition coefficient (Wildman–Crippen LogP) is 0.690. The zero-order valence-corrected chi connectivity index (χ0v) is 13.5. The molecule has 0 bridgehead atoms. The number of aromatic nitrogens is 2. The lowest BCUT2D eigenvalue weighted by atomic mass is 9.95. The van der Waals surface area contributed by atoms with Crippen LogP contribution in [0.15, 0.2) is 0 Å². The average Bonchev–Trinajstić information content (AvgIpc) is 2.48. The highest BCUT2D eigenvalue weighted by atomic mass is 32.1. The van der Waals surface area contributed by atoms with Gasteiger partial charge in [-0.1, -0.05) is 12.2 Å². The molecule has 1 aromatic heterocycles. The molecule has 3 N–H and O–H groups in total. The second-order valence-electron chi connectivity index (χ2n) is 5.35. The van der Waals surface area contributed by atoms with E-state index in [0.29, 0.717) is 4.99 Å². The number of carbonyl (C=O) groups excluding carboxylic acids is 1. The number of piperidine rings is 1. The van der Waals surface area contributed by atoms with Gasteiger partial charge < -0.3 is 16.0 Å². The van der Waals surface area contributed by atoms with Crippen LogP contribution in [-0.4, -0.2) is 41.2 Å². The topological polar surface area (TPSA) is 84.1 Å². The number of nitrogens with zero attached hydrogens (tertiary/aromatic N) is 3. The van der Waals surface area contributed by atoms with Gasteiger partial charge in [0.15, 0.2) is 5.82 Å². The first-order chi connectivity index (χ1) is 9.95. The van der Waals surface area contributed by atoms with Crippen LogP contribution in [0.25, 0.3) is 0 Å². The number of hydrogen-bond acceptors (Lipinski definition) is 5. The summed E-state index contributed by atoms with van der Waals surface area (Å²) in [6.45, 7) is 5.36. The summed E-state index contributed by atoms with van der Waals surface area (Å²) in [5, 5.41) is 11.2. The third kappa shape index (κ3) is 3.12. The molecule has 0 saturated carbocycles. The van der Waals surface area contributed by atoms with Crippen LogP contribution in [0.3, 0.4) is 0 Å². The van der Waals surface area contributed by atoms with Gasteiger partial charge in [0.1, 0.15) is 4.99 Å². The summed E-state index contributed by atoms with van der Waals surface area (Å²) >= 11 is 5.17. The number of nitrogens with two attached hydrogens (primary N) is 1. The lowest BCUT2D eigenvalue weighted by molar-refractivity contribution is -0.125. The molecule has 6 nitrogen and oxygen atoms in total. The van der Waals surface area contributed by atoms with E-state index in [1.165, 1.54) is 0 Å². The Bertz CT molecular complexity index is 567. The highest BCUT2D eigenvalue weighted by Gasteiger charge is 2.27. The van der Waals surface area contributed by atoms with Gasteiger partial charge in [0.2, 0.25) is 5.91 Å². The molecule has 0 atom stereocenters. The molecule has 0 unspecified atom stereocenters. The summed E-state index contributed by atoms with van der Waals surface area (Å²) in [6.07, 6.45) is 1.59. The predicted molar refractivity (Wildman–Crippen MR) is 86.4 cm³/mol. The van der Waals surface area contributed by atoms with E-state index in [-0.39, 0.29) is 11.8 Å². The Morgan fingerprint density at radius 2 is 1.95 bits per heavy atom. The molecule has 0 radical (unpaired) electrons. The monoisotopic (exact) mass is 307 g/mol. The SMILES string of the molecule is CNC(=O)C1CCN(c2nnc(C)c(C)c2C(N)=S)CC1. The summed E-state index contributed by atoms with van der Waals surface area (Å²) in [7, 11) is 1.68. The van der Waals surface area contributed by atoms with E-state index < -0.39 is 0 Å². The molecule has 1 aromatic rings. The number of nitrogens with one attached hydrogen (secondary N) is 1. The molecule has 1 fully saturated rings. The van der Waals surface area contributed by atoms with Crippen molar-refractivity contribution in [2.75, 3.05) is 25.0 Å². The Morgan fingerprint density at radius 3 is 2.48 bits per heavy atom. The second-order valence-corrected chi connectivity index (χ2v) is 5.79. The van der Waals surface area contributed by atoms with Crippen LogP contribution in [-0.2, 0) is 4.79 Å². The van der Waals surface area contributed by atoms with Crippen molar-refractivity contribution in [3.8, 4) is 0 Å². The molecule has 2 heterocycles. The molecule has 1 aliphatic rings. The van der Waals surface area contributed by atoms with Gasteiger partial charge in [0.05, 0.1) is 11.3 Å². The third-order valence-corrected chi connectivity index (χ3v) is 4.30. The fraction of sp³-hybridized carbons (Fsp3) is 0.571. The lowest BCUT2D eigenvalue weighted by Crippen LogP contribution is -2.41. The maximum atomic E-state index is 11.7. The molecule has 7 heteroatoms. The van der Waals surface area contributed by atoms with Crippen molar-refractivity contribution < 1.29 is 4.79 Å². The van der Waals surface area contributed by atoms with Crippen molar-refractivity contribution in [3.05, 3.63) is 16.8 Å². The van der Waals surface area contributed by atoms with Gasteiger partial charge in [-0.25, -0.2) is 0 Å². The van der Waals surface area contributed by atoms with Gasteiger partial charge >= 0.3 is 0 Å². The minimum absolute atomic E-state index is 0.0685. The Morgan fingerprint density at radius 1 is 1.33 bits per heavy atom. The number of anilines is 1. The zero-order chi connectivity index (χ0) is 15.6. The van der Waals surface area contributed by atoms with Gasteiger partial charge in [0, 0.05) is 26.1 Å². The van der Waals surface area contributed by atoms with Crippen LogP contribution in [0.4, 0.5) is 5.82 Å². The van der Waals surface area contributed by atoms with Crippen molar-refractivity contribution in [3.63, 3.8) is 0 Å². The molecule has 0 aliphatic carbocycles. The Kier molecular flexibility index (Phi) is 4.72.